The fraction of sp³-hybridized carbons (Fsp3) is 0.571. The summed E-state index contributed by atoms with van der Waals surface area (Å²) in [6, 6.07) is 5.18. The zero-order valence-electron chi connectivity index (χ0n) is 12.3. The molecule has 1 fully saturated rings. The van der Waals surface area contributed by atoms with Crippen molar-refractivity contribution in [2.24, 2.45) is 11.8 Å². The Morgan fingerprint density at radius 1 is 1.30 bits per heavy atom. The molecule has 0 bridgehead atoms. The van der Waals surface area contributed by atoms with Crippen molar-refractivity contribution in [1.82, 2.24) is 4.72 Å². The third-order valence-electron chi connectivity index (χ3n) is 4.25. The molecule has 1 aliphatic rings. The molecule has 1 aliphatic heterocycles. The van der Waals surface area contributed by atoms with Crippen molar-refractivity contribution in [3.05, 3.63) is 18.2 Å². The average molecular weight is 297 g/mol. The highest BCUT2D eigenvalue weighted by atomic mass is 32.2. The second-order valence-corrected chi connectivity index (χ2v) is 7.47. The molecule has 0 saturated carbocycles. The van der Waals surface area contributed by atoms with Crippen LogP contribution in [0, 0.1) is 11.8 Å². The number of nitrogens with one attached hydrogen (secondary N) is 1. The standard InChI is InChI=1S/C14H23N3O2S/c1-10-6-7-17(9-11(10)2)12-4-5-14(13(15)8-12)20(18,19)16-3/h4-5,8,10-11,16H,6-7,9,15H2,1-3H3. The van der Waals surface area contributed by atoms with E-state index >= 15 is 0 Å². The molecule has 2 unspecified atom stereocenters. The van der Waals surface area contributed by atoms with Crippen LogP contribution in [0.25, 0.3) is 0 Å². The van der Waals surface area contributed by atoms with Crippen molar-refractivity contribution < 1.29 is 8.42 Å². The highest BCUT2D eigenvalue weighted by molar-refractivity contribution is 7.89. The fourth-order valence-electron chi connectivity index (χ4n) is 2.58. The summed E-state index contributed by atoms with van der Waals surface area (Å²) >= 11 is 0. The van der Waals surface area contributed by atoms with Crippen molar-refractivity contribution in [3.63, 3.8) is 0 Å². The molecule has 112 valence electrons. The van der Waals surface area contributed by atoms with E-state index in [1.807, 2.05) is 6.07 Å². The zero-order chi connectivity index (χ0) is 14.9. The molecular weight excluding hydrogens is 274 g/mol. The Balaban J connectivity index is 2.26. The number of hydrogen-bond acceptors (Lipinski definition) is 4. The maximum Gasteiger partial charge on any atom is 0.242 e. The first-order chi connectivity index (χ1) is 9.35. The Hall–Kier alpha value is -1.27. The summed E-state index contributed by atoms with van der Waals surface area (Å²) in [5, 5.41) is 0. The van der Waals surface area contributed by atoms with E-state index in [0.717, 1.165) is 31.1 Å². The number of nitrogens with two attached hydrogens (primary N) is 1. The molecule has 1 aromatic carbocycles. The molecular formula is C14H23N3O2S. The van der Waals surface area contributed by atoms with Crippen LogP contribution in [0.1, 0.15) is 20.3 Å². The van der Waals surface area contributed by atoms with Gasteiger partial charge in [0.15, 0.2) is 0 Å². The summed E-state index contributed by atoms with van der Waals surface area (Å²) in [5.74, 6) is 1.36. The summed E-state index contributed by atoms with van der Waals surface area (Å²) < 4.78 is 25.9. The summed E-state index contributed by atoms with van der Waals surface area (Å²) in [7, 11) is -2.10. The summed E-state index contributed by atoms with van der Waals surface area (Å²) in [6.45, 7) is 6.50. The highest BCUT2D eigenvalue weighted by Gasteiger charge is 2.24. The largest absolute Gasteiger partial charge is 0.398 e. The first kappa shape index (κ1) is 15.1. The van der Waals surface area contributed by atoms with E-state index in [0.29, 0.717) is 11.6 Å². The van der Waals surface area contributed by atoms with Crippen molar-refractivity contribution >= 4 is 21.4 Å². The summed E-state index contributed by atoms with van der Waals surface area (Å²) in [5.41, 5.74) is 7.20. The van der Waals surface area contributed by atoms with Crippen LogP contribution in [0.3, 0.4) is 0 Å². The Labute approximate surface area is 121 Å². The van der Waals surface area contributed by atoms with Gasteiger partial charge in [-0.2, -0.15) is 0 Å². The third kappa shape index (κ3) is 2.91. The van der Waals surface area contributed by atoms with Gasteiger partial charge < -0.3 is 10.6 Å². The van der Waals surface area contributed by atoms with Crippen LogP contribution in [0.4, 0.5) is 11.4 Å². The van der Waals surface area contributed by atoms with Crippen LogP contribution in [0.2, 0.25) is 0 Å². The van der Waals surface area contributed by atoms with Gasteiger partial charge in [-0.05, 0) is 43.5 Å². The second-order valence-electron chi connectivity index (χ2n) is 5.62. The molecule has 2 atom stereocenters. The molecule has 1 aromatic rings. The second kappa shape index (κ2) is 5.61. The molecule has 2 rings (SSSR count). The van der Waals surface area contributed by atoms with Crippen molar-refractivity contribution in [1.29, 1.82) is 0 Å². The van der Waals surface area contributed by atoms with Gasteiger partial charge >= 0.3 is 0 Å². The Kier molecular flexibility index (Phi) is 4.25. The van der Waals surface area contributed by atoms with Crippen LogP contribution in [-0.2, 0) is 10.0 Å². The molecule has 0 spiro atoms. The van der Waals surface area contributed by atoms with Gasteiger partial charge in [0.25, 0.3) is 0 Å². The molecule has 0 amide bonds. The lowest BCUT2D eigenvalue weighted by Crippen LogP contribution is -2.38. The zero-order valence-corrected chi connectivity index (χ0v) is 13.1. The van der Waals surface area contributed by atoms with Crippen LogP contribution < -0.4 is 15.4 Å². The minimum Gasteiger partial charge on any atom is -0.398 e. The number of nitrogens with zero attached hydrogens (tertiary/aromatic N) is 1. The topological polar surface area (TPSA) is 75.4 Å². The van der Waals surface area contributed by atoms with E-state index in [-0.39, 0.29) is 4.90 Å². The molecule has 0 aromatic heterocycles. The van der Waals surface area contributed by atoms with Gasteiger partial charge in [0.1, 0.15) is 4.90 Å². The molecule has 20 heavy (non-hydrogen) atoms. The Morgan fingerprint density at radius 3 is 2.55 bits per heavy atom. The predicted molar refractivity (Wildman–Crippen MR) is 82.3 cm³/mol. The number of rotatable bonds is 3. The molecule has 1 saturated heterocycles. The van der Waals surface area contributed by atoms with Gasteiger partial charge in [0, 0.05) is 18.8 Å². The first-order valence-corrected chi connectivity index (χ1v) is 8.41. The van der Waals surface area contributed by atoms with Gasteiger partial charge in [0.2, 0.25) is 10.0 Å². The smallest absolute Gasteiger partial charge is 0.242 e. The van der Waals surface area contributed by atoms with E-state index in [1.165, 1.54) is 7.05 Å². The molecule has 0 aliphatic carbocycles. The van der Waals surface area contributed by atoms with Crippen molar-refractivity contribution in [3.8, 4) is 0 Å². The van der Waals surface area contributed by atoms with Crippen LogP contribution >= 0.6 is 0 Å². The molecule has 5 nitrogen and oxygen atoms in total. The van der Waals surface area contributed by atoms with E-state index in [4.69, 9.17) is 5.73 Å². The average Bonchev–Trinajstić information content (AvgIpc) is 2.41. The minimum atomic E-state index is -3.49. The van der Waals surface area contributed by atoms with Gasteiger partial charge in [0.05, 0.1) is 5.69 Å². The van der Waals surface area contributed by atoms with Gasteiger partial charge in [-0.3, -0.25) is 0 Å². The summed E-state index contributed by atoms with van der Waals surface area (Å²) in [4.78, 5) is 2.42. The third-order valence-corrected chi connectivity index (χ3v) is 5.74. The maximum absolute atomic E-state index is 11.8. The van der Waals surface area contributed by atoms with Crippen LogP contribution in [0.15, 0.2) is 23.1 Å². The number of piperidine rings is 1. The Morgan fingerprint density at radius 2 is 2.00 bits per heavy atom. The SMILES string of the molecule is CNS(=O)(=O)c1ccc(N2CCC(C)C(C)C2)cc1N. The van der Waals surface area contributed by atoms with Crippen LogP contribution in [-0.4, -0.2) is 28.6 Å². The molecule has 6 heteroatoms. The molecule has 3 N–H and O–H groups in total. The van der Waals surface area contributed by atoms with E-state index in [9.17, 15) is 8.42 Å². The van der Waals surface area contributed by atoms with E-state index in [1.54, 1.807) is 12.1 Å². The highest BCUT2D eigenvalue weighted by Crippen LogP contribution is 2.30. The number of benzene rings is 1. The van der Waals surface area contributed by atoms with Gasteiger partial charge in [-0.1, -0.05) is 13.8 Å². The monoisotopic (exact) mass is 297 g/mol. The van der Waals surface area contributed by atoms with Gasteiger partial charge in [-0.15, -0.1) is 0 Å². The maximum atomic E-state index is 11.8. The lowest BCUT2D eigenvalue weighted by atomic mass is 9.88. The minimum absolute atomic E-state index is 0.141. The first-order valence-electron chi connectivity index (χ1n) is 6.93. The fourth-order valence-corrected chi connectivity index (χ4v) is 3.42. The number of anilines is 2. The quantitative estimate of drug-likeness (QED) is 0.832. The number of nitrogen functional groups attached to an aromatic ring is 1. The van der Waals surface area contributed by atoms with E-state index in [2.05, 4.69) is 23.5 Å². The van der Waals surface area contributed by atoms with Crippen molar-refractivity contribution in [2.45, 2.75) is 25.2 Å². The predicted octanol–water partition coefficient (Wildman–Crippen LogP) is 1.66. The molecule has 0 radical (unpaired) electrons. The lowest BCUT2D eigenvalue weighted by molar-refractivity contribution is 0.324. The number of hydrogen-bond donors (Lipinski definition) is 2. The normalized spacial score (nSPS) is 23.9. The summed E-state index contributed by atoms with van der Waals surface area (Å²) in [6.07, 6.45) is 1.15. The van der Waals surface area contributed by atoms with Crippen molar-refractivity contribution in [2.75, 3.05) is 30.8 Å². The van der Waals surface area contributed by atoms with Crippen LogP contribution in [0.5, 0.6) is 0 Å². The Bertz CT molecular complexity index is 586. The van der Waals surface area contributed by atoms with Gasteiger partial charge in [-0.25, -0.2) is 13.1 Å². The lowest BCUT2D eigenvalue weighted by Gasteiger charge is -2.37. The van der Waals surface area contributed by atoms with E-state index < -0.39 is 10.0 Å². The number of sulfonamides is 1. The molecule has 1 heterocycles.